The zero-order valence-corrected chi connectivity index (χ0v) is 12.6. The van der Waals surface area contributed by atoms with Crippen LogP contribution < -0.4 is 10.5 Å². The third-order valence-corrected chi connectivity index (χ3v) is 5.81. The van der Waals surface area contributed by atoms with Gasteiger partial charge in [-0.25, -0.2) is 13.1 Å². The molecule has 1 atom stereocenters. The Hall–Kier alpha value is -0.430. The number of hydrogen-bond acceptors (Lipinski definition) is 4. The minimum atomic E-state index is -3.37. The summed E-state index contributed by atoms with van der Waals surface area (Å²) in [6.07, 6.45) is 4.22. The van der Waals surface area contributed by atoms with E-state index in [4.69, 9.17) is 5.73 Å². The number of nitrogens with one attached hydrogen (secondary N) is 1. The summed E-state index contributed by atoms with van der Waals surface area (Å²) >= 11 is 1.22. The van der Waals surface area contributed by atoms with Crippen LogP contribution in [0, 0.1) is 0 Å². The summed E-state index contributed by atoms with van der Waals surface area (Å²) in [5.41, 5.74) is 6.34. The van der Waals surface area contributed by atoms with Crippen molar-refractivity contribution in [3.63, 3.8) is 0 Å². The third-order valence-electron chi connectivity index (χ3n) is 2.73. The molecular weight excluding hydrogens is 268 g/mol. The molecule has 104 valence electrons. The van der Waals surface area contributed by atoms with Crippen molar-refractivity contribution < 1.29 is 8.42 Å². The van der Waals surface area contributed by atoms with Crippen LogP contribution in [0.4, 0.5) is 0 Å². The van der Waals surface area contributed by atoms with Gasteiger partial charge in [0.2, 0.25) is 10.0 Å². The van der Waals surface area contributed by atoms with Crippen molar-refractivity contribution in [2.45, 2.75) is 56.3 Å². The van der Waals surface area contributed by atoms with Crippen molar-refractivity contribution in [2.24, 2.45) is 5.73 Å². The monoisotopic (exact) mass is 290 g/mol. The van der Waals surface area contributed by atoms with Gasteiger partial charge < -0.3 is 5.73 Å². The lowest BCUT2D eigenvalue weighted by Crippen LogP contribution is -2.32. The van der Waals surface area contributed by atoms with Gasteiger partial charge in [-0.3, -0.25) is 0 Å². The van der Waals surface area contributed by atoms with Gasteiger partial charge in [0.15, 0.2) is 0 Å². The van der Waals surface area contributed by atoms with E-state index in [-0.39, 0.29) is 6.04 Å². The Kier molecular flexibility index (Phi) is 6.28. The van der Waals surface area contributed by atoms with Crippen LogP contribution in [0.5, 0.6) is 0 Å². The van der Waals surface area contributed by atoms with E-state index in [2.05, 4.69) is 11.6 Å². The lowest BCUT2D eigenvalue weighted by atomic mass is 10.1. The highest BCUT2D eigenvalue weighted by atomic mass is 32.2. The smallest absolute Gasteiger partial charge is 0.250 e. The molecule has 0 bridgehead atoms. The molecule has 18 heavy (non-hydrogen) atoms. The van der Waals surface area contributed by atoms with Crippen molar-refractivity contribution in [1.82, 2.24) is 4.72 Å². The zero-order chi connectivity index (χ0) is 13.6. The fraction of sp³-hybridized carbons (Fsp3) is 0.667. The highest BCUT2D eigenvalue weighted by molar-refractivity contribution is 7.91. The van der Waals surface area contributed by atoms with Crippen LogP contribution in [0.15, 0.2) is 15.7 Å². The molecule has 0 saturated heterocycles. The molecule has 0 aliphatic heterocycles. The number of hydrogen-bond donors (Lipinski definition) is 2. The van der Waals surface area contributed by atoms with Gasteiger partial charge in [-0.2, -0.15) is 0 Å². The zero-order valence-electron chi connectivity index (χ0n) is 11.0. The molecule has 0 aliphatic carbocycles. The molecule has 1 unspecified atom stereocenters. The van der Waals surface area contributed by atoms with Crippen LogP contribution in [0.2, 0.25) is 0 Å². The first-order chi connectivity index (χ1) is 8.49. The average Bonchev–Trinajstić information content (AvgIpc) is 2.78. The first-order valence-electron chi connectivity index (χ1n) is 6.29. The molecule has 6 heteroatoms. The Labute approximate surface area is 114 Å². The molecule has 0 fully saturated rings. The van der Waals surface area contributed by atoms with Gasteiger partial charge in [0.05, 0.1) is 0 Å². The van der Waals surface area contributed by atoms with Crippen molar-refractivity contribution in [3.8, 4) is 0 Å². The molecule has 0 aliphatic rings. The number of sulfonamides is 1. The number of nitrogens with two attached hydrogens (primary N) is 1. The van der Waals surface area contributed by atoms with Crippen LogP contribution in [0.25, 0.3) is 0 Å². The summed E-state index contributed by atoms with van der Waals surface area (Å²) in [6.45, 7) is 4.41. The summed E-state index contributed by atoms with van der Waals surface area (Å²) in [5.74, 6) is 0. The first kappa shape index (κ1) is 15.6. The maximum absolute atomic E-state index is 12.1. The van der Waals surface area contributed by atoms with Gasteiger partial charge in [-0.05, 0) is 30.4 Å². The van der Waals surface area contributed by atoms with E-state index in [1.807, 2.05) is 6.92 Å². The van der Waals surface area contributed by atoms with Gasteiger partial charge in [0, 0.05) is 12.6 Å². The topological polar surface area (TPSA) is 72.2 Å². The Morgan fingerprint density at radius 2 is 2.17 bits per heavy atom. The van der Waals surface area contributed by atoms with Crippen molar-refractivity contribution in [3.05, 3.63) is 17.0 Å². The summed E-state index contributed by atoms with van der Waals surface area (Å²) in [4.78, 5) is 0. The largest absolute Gasteiger partial charge is 0.326 e. The summed E-state index contributed by atoms with van der Waals surface area (Å²) in [5, 5.41) is 1.79. The molecule has 1 aromatic rings. The maximum Gasteiger partial charge on any atom is 0.250 e. The fourth-order valence-electron chi connectivity index (χ4n) is 1.68. The Morgan fingerprint density at radius 3 is 2.72 bits per heavy atom. The Balaban J connectivity index is 2.58. The van der Waals surface area contributed by atoms with E-state index in [1.54, 1.807) is 11.4 Å². The van der Waals surface area contributed by atoms with Crippen LogP contribution >= 0.6 is 11.3 Å². The van der Waals surface area contributed by atoms with Gasteiger partial charge >= 0.3 is 0 Å². The molecule has 0 amide bonds. The molecular formula is C12H22N2O2S2. The summed E-state index contributed by atoms with van der Waals surface area (Å²) in [6, 6.07) is 1.62. The molecule has 0 radical (unpaired) electrons. The molecule has 0 spiro atoms. The number of thiophene rings is 1. The van der Waals surface area contributed by atoms with E-state index in [1.165, 1.54) is 11.3 Å². The van der Waals surface area contributed by atoms with E-state index in [0.717, 1.165) is 31.2 Å². The second kappa shape index (κ2) is 7.23. The SMILES string of the molecule is CCCCCC(C)NS(=O)(=O)c1cc(CN)cs1. The van der Waals surface area contributed by atoms with Crippen LogP contribution in [-0.4, -0.2) is 14.5 Å². The van der Waals surface area contributed by atoms with Crippen LogP contribution in [0.3, 0.4) is 0 Å². The number of rotatable bonds is 8. The second-order valence-electron chi connectivity index (χ2n) is 4.50. The van der Waals surface area contributed by atoms with E-state index < -0.39 is 10.0 Å². The van der Waals surface area contributed by atoms with Gasteiger partial charge in [-0.1, -0.05) is 26.2 Å². The lowest BCUT2D eigenvalue weighted by molar-refractivity contribution is 0.528. The van der Waals surface area contributed by atoms with Crippen molar-refractivity contribution in [2.75, 3.05) is 0 Å². The van der Waals surface area contributed by atoms with Crippen molar-refractivity contribution >= 4 is 21.4 Å². The molecule has 0 saturated carbocycles. The molecule has 1 rings (SSSR count). The Morgan fingerprint density at radius 1 is 1.44 bits per heavy atom. The summed E-state index contributed by atoms with van der Waals surface area (Å²) in [7, 11) is -3.37. The van der Waals surface area contributed by atoms with Crippen molar-refractivity contribution in [1.29, 1.82) is 0 Å². The van der Waals surface area contributed by atoms with E-state index in [0.29, 0.717) is 10.8 Å². The third kappa shape index (κ3) is 4.68. The molecule has 1 aromatic heterocycles. The molecule has 0 aromatic carbocycles. The molecule has 4 nitrogen and oxygen atoms in total. The highest BCUT2D eigenvalue weighted by Crippen LogP contribution is 2.20. The highest BCUT2D eigenvalue weighted by Gasteiger charge is 2.18. The van der Waals surface area contributed by atoms with Gasteiger partial charge in [0.1, 0.15) is 4.21 Å². The fourth-order valence-corrected chi connectivity index (χ4v) is 4.20. The summed E-state index contributed by atoms with van der Waals surface area (Å²) < 4.78 is 27.2. The minimum absolute atomic E-state index is 0.0232. The van der Waals surface area contributed by atoms with E-state index >= 15 is 0 Å². The van der Waals surface area contributed by atoms with Crippen LogP contribution in [0.1, 0.15) is 45.1 Å². The normalized spacial score (nSPS) is 13.7. The predicted octanol–water partition coefficient (Wildman–Crippen LogP) is 2.45. The molecule has 1 heterocycles. The van der Waals surface area contributed by atoms with Gasteiger partial charge in [0.25, 0.3) is 0 Å². The minimum Gasteiger partial charge on any atom is -0.326 e. The first-order valence-corrected chi connectivity index (χ1v) is 8.65. The predicted molar refractivity (Wildman–Crippen MR) is 76.1 cm³/mol. The lowest BCUT2D eigenvalue weighted by Gasteiger charge is -2.12. The quantitative estimate of drug-likeness (QED) is 0.722. The molecule has 3 N–H and O–H groups in total. The Bertz CT molecular complexity index is 454. The van der Waals surface area contributed by atoms with E-state index in [9.17, 15) is 8.42 Å². The number of unbranched alkanes of at least 4 members (excludes halogenated alkanes) is 2. The van der Waals surface area contributed by atoms with Crippen LogP contribution in [-0.2, 0) is 16.6 Å². The maximum atomic E-state index is 12.1. The standard InChI is InChI=1S/C12H22N2O2S2/c1-3-4-5-6-10(2)14-18(15,16)12-7-11(8-13)9-17-12/h7,9-10,14H,3-6,8,13H2,1-2H3. The average molecular weight is 290 g/mol. The van der Waals surface area contributed by atoms with Gasteiger partial charge in [-0.15, -0.1) is 11.3 Å². The second-order valence-corrected chi connectivity index (χ2v) is 7.35.